The fourth-order valence-electron chi connectivity index (χ4n) is 2.15. The first kappa shape index (κ1) is 15.6. The van der Waals surface area contributed by atoms with Gasteiger partial charge < -0.3 is 10.5 Å². The molecule has 102 valence electrons. The van der Waals surface area contributed by atoms with E-state index in [1.165, 1.54) is 0 Å². The quantitative estimate of drug-likeness (QED) is 0.930. The molecule has 1 aliphatic heterocycles. The van der Waals surface area contributed by atoms with Crippen LogP contribution in [0.2, 0.25) is 5.02 Å². The summed E-state index contributed by atoms with van der Waals surface area (Å²) in [6.45, 7) is 2.98. The Bertz CT molecular complexity index is 379. The Kier molecular flexibility index (Phi) is 6.22. The number of likely N-dealkylation sites (tertiary alicyclic amines) is 1. The van der Waals surface area contributed by atoms with Crippen LogP contribution in [0.1, 0.15) is 18.4 Å². The summed E-state index contributed by atoms with van der Waals surface area (Å²) >= 11 is 6.19. The van der Waals surface area contributed by atoms with Gasteiger partial charge in [-0.15, -0.1) is 12.4 Å². The first-order chi connectivity index (χ1) is 8.19. The summed E-state index contributed by atoms with van der Waals surface area (Å²) in [6.07, 6.45) is 2.14. The van der Waals surface area contributed by atoms with Crippen molar-refractivity contribution in [3.8, 4) is 5.75 Å². The molecule has 1 aliphatic rings. The van der Waals surface area contributed by atoms with Crippen molar-refractivity contribution in [3.63, 3.8) is 0 Å². The topological polar surface area (TPSA) is 38.5 Å². The summed E-state index contributed by atoms with van der Waals surface area (Å²) < 4.78 is 5.22. The molecule has 1 aromatic carbocycles. The second kappa shape index (κ2) is 7.19. The van der Waals surface area contributed by atoms with Crippen LogP contribution in [0.15, 0.2) is 18.2 Å². The van der Waals surface area contributed by atoms with Crippen molar-refractivity contribution in [2.24, 2.45) is 5.73 Å². The molecule has 0 aliphatic carbocycles. The molecule has 0 saturated carbocycles. The van der Waals surface area contributed by atoms with E-state index in [4.69, 9.17) is 22.1 Å². The molecular formula is C13H20Cl2N2O. The van der Waals surface area contributed by atoms with Gasteiger partial charge in [-0.2, -0.15) is 0 Å². The Balaban J connectivity index is 0.00000162. The number of nitrogens with zero attached hydrogens (tertiary/aromatic N) is 1. The van der Waals surface area contributed by atoms with Gasteiger partial charge in [-0.05, 0) is 49.7 Å². The third kappa shape index (κ3) is 4.02. The van der Waals surface area contributed by atoms with Crippen molar-refractivity contribution in [1.29, 1.82) is 0 Å². The fourth-order valence-corrected chi connectivity index (χ4v) is 2.33. The minimum absolute atomic E-state index is 0. The number of hydrogen-bond donors (Lipinski definition) is 1. The lowest BCUT2D eigenvalue weighted by molar-refractivity contribution is 0.205. The molecule has 1 saturated heterocycles. The molecule has 0 bridgehead atoms. The number of hydrogen-bond acceptors (Lipinski definition) is 3. The van der Waals surface area contributed by atoms with Gasteiger partial charge in [-0.3, -0.25) is 4.90 Å². The van der Waals surface area contributed by atoms with Gasteiger partial charge in [0.25, 0.3) is 0 Å². The number of benzene rings is 1. The van der Waals surface area contributed by atoms with Gasteiger partial charge in [0.15, 0.2) is 0 Å². The lowest BCUT2D eigenvalue weighted by atomic mass is 10.1. The van der Waals surface area contributed by atoms with E-state index in [9.17, 15) is 0 Å². The normalized spacial score (nSPS) is 17.3. The van der Waals surface area contributed by atoms with Crippen LogP contribution in [0.5, 0.6) is 5.75 Å². The van der Waals surface area contributed by atoms with Crippen molar-refractivity contribution in [3.05, 3.63) is 28.8 Å². The van der Waals surface area contributed by atoms with Crippen LogP contribution in [0, 0.1) is 0 Å². The maximum atomic E-state index is 6.19. The van der Waals surface area contributed by atoms with Gasteiger partial charge >= 0.3 is 0 Å². The van der Waals surface area contributed by atoms with Gasteiger partial charge in [0.1, 0.15) is 5.75 Å². The Hall–Kier alpha value is -0.480. The minimum Gasteiger partial charge on any atom is -0.497 e. The summed E-state index contributed by atoms with van der Waals surface area (Å²) in [5.41, 5.74) is 7.02. The summed E-state index contributed by atoms with van der Waals surface area (Å²) in [6, 6.07) is 6.16. The highest BCUT2D eigenvalue weighted by Crippen LogP contribution is 2.24. The summed E-state index contributed by atoms with van der Waals surface area (Å²) in [7, 11) is 1.67. The van der Waals surface area contributed by atoms with E-state index in [0.717, 1.165) is 48.8 Å². The van der Waals surface area contributed by atoms with E-state index in [1.807, 2.05) is 18.2 Å². The Labute approximate surface area is 120 Å². The molecule has 1 fully saturated rings. The highest BCUT2D eigenvalue weighted by molar-refractivity contribution is 6.31. The minimum atomic E-state index is 0. The lowest BCUT2D eigenvalue weighted by Gasteiger charge is -2.30. The van der Waals surface area contributed by atoms with Gasteiger partial charge in [-0.1, -0.05) is 11.6 Å². The molecule has 3 nitrogen and oxygen atoms in total. The third-order valence-electron chi connectivity index (χ3n) is 3.28. The van der Waals surface area contributed by atoms with Gasteiger partial charge in [0, 0.05) is 17.6 Å². The van der Waals surface area contributed by atoms with Crippen molar-refractivity contribution in [2.45, 2.75) is 25.4 Å². The molecule has 1 aromatic rings. The fraction of sp³-hybridized carbons (Fsp3) is 0.538. The molecule has 0 atom stereocenters. The zero-order chi connectivity index (χ0) is 12.3. The van der Waals surface area contributed by atoms with Crippen molar-refractivity contribution in [1.82, 2.24) is 4.90 Å². The molecule has 2 N–H and O–H groups in total. The maximum absolute atomic E-state index is 6.19. The molecule has 0 aromatic heterocycles. The molecular weight excluding hydrogens is 271 g/mol. The van der Waals surface area contributed by atoms with Gasteiger partial charge in [0.2, 0.25) is 0 Å². The van der Waals surface area contributed by atoms with E-state index in [-0.39, 0.29) is 12.4 Å². The first-order valence-electron chi connectivity index (χ1n) is 5.99. The predicted molar refractivity (Wildman–Crippen MR) is 77.7 cm³/mol. The Morgan fingerprint density at radius 2 is 2.06 bits per heavy atom. The number of piperidine rings is 1. The molecule has 0 unspecified atom stereocenters. The average molecular weight is 291 g/mol. The largest absolute Gasteiger partial charge is 0.497 e. The SMILES string of the molecule is COc1ccc(Cl)c(CN2CCC(N)CC2)c1.Cl. The molecule has 0 amide bonds. The first-order valence-corrected chi connectivity index (χ1v) is 6.37. The van der Waals surface area contributed by atoms with Gasteiger partial charge in [-0.25, -0.2) is 0 Å². The average Bonchev–Trinajstić information content (AvgIpc) is 2.35. The molecule has 18 heavy (non-hydrogen) atoms. The van der Waals surface area contributed by atoms with E-state index in [2.05, 4.69) is 4.90 Å². The summed E-state index contributed by atoms with van der Waals surface area (Å²) in [5, 5.41) is 0.806. The monoisotopic (exact) mass is 290 g/mol. The van der Waals surface area contributed by atoms with Crippen molar-refractivity contribution < 1.29 is 4.74 Å². The zero-order valence-corrected chi connectivity index (χ0v) is 12.1. The highest BCUT2D eigenvalue weighted by Gasteiger charge is 2.17. The van der Waals surface area contributed by atoms with Crippen LogP contribution in [0.4, 0.5) is 0 Å². The molecule has 0 spiro atoms. The predicted octanol–water partition coefficient (Wildman–Crippen LogP) is 2.69. The number of nitrogens with two attached hydrogens (primary N) is 1. The molecule has 5 heteroatoms. The smallest absolute Gasteiger partial charge is 0.119 e. The van der Waals surface area contributed by atoms with Gasteiger partial charge in [0.05, 0.1) is 7.11 Å². The Morgan fingerprint density at radius 3 is 2.67 bits per heavy atom. The van der Waals surface area contributed by atoms with Crippen LogP contribution in [-0.4, -0.2) is 31.1 Å². The molecule has 0 radical (unpaired) electrons. The second-order valence-electron chi connectivity index (χ2n) is 4.57. The molecule has 2 rings (SSSR count). The standard InChI is InChI=1S/C13H19ClN2O.ClH/c1-17-12-2-3-13(14)10(8-12)9-16-6-4-11(15)5-7-16;/h2-3,8,11H,4-7,9,15H2,1H3;1H. The number of halogens is 2. The highest BCUT2D eigenvalue weighted by atomic mass is 35.5. The van der Waals surface area contributed by atoms with E-state index in [1.54, 1.807) is 7.11 Å². The number of methoxy groups -OCH3 is 1. The van der Waals surface area contributed by atoms with Crippen molar-refractivity contribution in [2.75, 3.05) is 20.2 Å². The Morgan fingerprint density at radius 1 is 1.39 bits per heavy atom. The lowest BCUT2D eigenvalue weighted by Crippen LogP contribution is -2.39. The summed E-state index contributed by atoms with van der Waals surface area (Å²) in [4.78, 5) is 2.39. The van der Waals surface area contributed by atoms with E-state index >= 15 is 0 Å². The van der Waals surface area contributed by atoms with E-state index < -0.39 is 0 Å². The summed E-state index contributed by atoms with van der Waals surface area (Å²) in [5.74, 6) is 0.859. The zero-order valence-electron chi connectivity index (χ0n) is 10.6. The van der Waals surface area contributed by atoms with E-state index in [0.29, 0.717) is 6.04 Å². The van der Waals surface area contributed by atoms with Crippen molar-refractivity contribution >= 4 is 24.0 Å². The number of rotatable bonds is 3. The van der Waals surface area contributed by atoms with Crippen LogP contribution >= 0.6 is 24.0 Å². The molecule has 1 heterocycles. The van der Waals surface area contributed by atoms with Crippen LogP contribution in [0.25, 0.3) is 0 Å². The van der Waals surface area contributed by atoms with Crippen LogP contribution in [-0.2, 0) is 6.54 Å². The number of ether oxygens (including phenoxy) is 1. The van der Waals surface area contributed by atoms with Crippen LogP contribution in [0.3, 0.4) is 0 Å². The maximum Gasteiger partial charge on any atom is 0.119 e. The third-order valence-corrected chi connectivity index (χ3v) is 3.65. The second-order valence-corrected chi connectivity index (χ2v) is 4.98. The van der Waals surface area contributed by atoms with Crippen LogP contribution < -0.4 is 10.5 Å².